The second-order valence-electron chi connectivity index (χ2n) is 12.0. The molecule has 2 aromatic carbocycles. The Morgan fingerprint density at radius 1 is 1.04 bits per heavy atom. The van der Waals surface area contributed by atoms with Crippen molar-refractivity contribution >= 4 is 22.9 Å². The number of fused-ring (bicyclic) bond motifs is 1. The van der Waals surface area contributed by atoms with Crippen molar-refractivity contribution in [2.45, 2.75) is 44.8 Å². The summed E-state index contributed by atoms with van der Waals surface area (Å²) in [5.74, 6) is -3.85. The second kappa shape index (κ2) is 14.2. The van der Waals surface area contributed by atoms with Gasteiger partial charge in [-0.05, 0) is 73.6 Å². The number of halogens is 4. The number of allylic oxidation sites excluding steroid dienone is 4. The van der Waals surface area contributed by atoms with Gasteiger partial charge >= 0.3 is 12.1 Å². The number of aliphatic carboxylic acids is 1. The largest absolute Gasteiger partial charge is 0.481 e. The number of alkyl halides is 3. The summed E-state index contributed by atoms with van der Waals surface area (Å²) >= 11 is 0. The first kappa shape index (κ1) is 34.1. The Morgan fingerprint density at radius 3 is 2.34 bits per heavy atom. The van der Waals surface area contributed by atoms with E-state index in [0.717, 1.165) is 45.7 Å². The summed E-state index contributed by atoms with van der Waals surface area (Å²) in [6.07, 6.45) is -1.69. The first-order valence-corrected chi connectivity index (χ1v) is 15.5. The molecule has 0 spiro atoms. The lowest BCUT2D eigenvalue weighted by Gasteiger charge is -2.44. The number of morpholine rings is 1. The van der Waals surface area contributed by atoms with E-state index < -0.39 is 47.1 Å². The van der Waals surface area contributed by atoms with Crippen LogP contribution in [0.3, 0.4) is 0 Å². The number of hydrogen-bond donors (Lipinski definition) is 2. The fourth-order valence-corrected chi connectivity index (χ4v) is 6.75. The van der Waals surface area contributed by atoms with Crippen molar-refractivity contribution in [3.05, 3.63) is 89.7 Å². The summed E-state index contributed by atoms with van der Waals surface area (Å²) in [5, 5.41) is 12.8. The third-order valence-electron chi connectivity index (χ3n) is 9.35. The van der Waals surface area contributed by atoms with E-state index in [1.165, 1.54) is 6.92 Å². The van der Waals surface area contributed by atoms with Gasteiger partial charge in [0.25, 0.3) is 0 Å². The Morgan fingerprint density at radius 2 is 1.72 bits per heavy atom. The minimum Gasteiger partial charge on any atom is -0.481 e. The van der Waals surface area contributed by atoms with Crippen LogP contribution in [0, 0.1) is 18.8 Å². The van der Waals surface area contributed by atoms with Crippen LogP contribution in [0.1, 0.15) is 37.1 Å². The Kier molecular flexibility index (Phi) is 10.3. The van der Waals surface area contributed by atoms with Crippen molar-refractivity contribution in [3.8, 4) is 11.1 Å². The number of nitrogens with one attached hydrogen (secondary N) is 1. The summed E-state index contributed by atoms with van der Waals surface area (Å²) in [4.78, 5) is 33.3. The van der Waals surface area contributed by atoms with Gasteiger partial charge in [-0.25, -0.2) is 9.37 Å². The molecule has 1 aliphatic heterocycles. The molecule has 2 aliphatic rings. The monoisotopic (exact) mass is 654 g/mol. The molecule has 8 nitrogen and oxygen atoms in total. The third-order valence-corrected chi connectivity index (χ3v) is 9.35. The molecule has 12 heteroatoms. The quantitative estimate of drug-likeness (QED) is 0.215. The number of hydrogen-bond acceptors (Lipinski definition) is 5. The van der Waals surface area contributed by atoms with Gasteiger partial charge in [0.1, 0.15) is 12.2 Å². The molecule has 0 bridgehead atoms. The molecule has 1 saturated carbocycles. The van der Waals surface area contributed by atoms with Gasteiger partial charge in [0.2, 0.25) is 5.91 Å². The van der Waals surface area contributed by atoms with Crippen molar-refractivity contribution in [1.29, 1.82) is 0 Å². The highest BCUT2D eigenvalue weighted by molar-refractivity contribution is 5.87. The number of nitrogens with zero attached hydrogens (tertiary/aromatic N) is 3. The molecule has 47 heavy (non-hydrogen) atoms. The van der Waals surface area contributed by atoms with E-state index in [4.69, 9.17) is 4.74 Å². The molecule has 4 atom stereocenters. The van der Waals surface area contributed by atoms with E-state index >= 15 is 0 Å². The van der Waals surface area contributed by atoms with E-state index in [0.29, 0.717) is 38.8 Å². The predicted octanol–water partition coefficient (Wildman–Crippen LogP) is 6.44. The smallest absolute Gasteiger partial charge is 0.416 e. The zero-order valence-electron chi connectivity index (χ0n) is 26.4. The molecule has 1 saturated heterocycles. The minimum atomic E-state index is -4.66. The SMILES string of the molecule is C\C=C(/C=C\C(=C\F)NC(=O)[C@H]1C[C@@H](N2CCOCC2)C[C@@H](c2ccc(-c3ccc4c(c3)nc(C)n4C)cc2)C1C(=O)O)C(F)(F)F. The highest BCUT2D eigenvalue weighted by Crippen LogP contribution is 2.44. The Bertz CT molecular complexity index is 1700. The topological polar surface area (TPSA) is 96.7 Å². The molecule has 1 unspecified atom stereocenters. The van der Waals surface area contributed by atoms with Gasteiger partial charge in [0.15, 0.2) is 0 Å². The van der Waals surface area contributed by atoms with Crippen LogP contribution >= 0.6 is 0 Å². The average Bonchev–Trinajstić information content (AvgIpc) is 3.35. The van der Waals surface area contributed by atoms with Crippen LogP contribution in [0.2, 0.25) is 0 Å². The van der Waals surface area contributed by atoms with Crippen LogP contribution in [0.5, 0.6) is 0 Å². The van der Waals surface area contributed by atoms with Crippen LogP contribution in [0.15, 0.2) is 78.3 Å². The highest BCUT2D eigenvalue weighted by Gasteiger charge is 2.47. The average molecular weight is 655 g/mol. The normalized spacial score (nSPS) is 23.4. The van der Waals surface area contributed by atoms with Gasteiger partial charge in [-0.15, -0.1) is 0 Å². The molecule has 3 aromatic rings. The Hall–Kier alpha value is -4.29. The molecule has 5 rings (SSSR count). The zero-order valence-corrected chi connectivity index (χ0v) is 26.4. The molecule has 250 valence electrons. The predicted molar refractivity (Wildman–Crippen MR) is 170 cm³/mol. The summed E-state index contributed by atoms with van der Waals surface area (Å²) in [5.41, 5.74) is 2.98. The molecule has 2 fully saturated rings. The van der Waals surface area contributed by atoms with Gasteiger partial charge < -0.3 is 19.7 Å². The maximum atomic E-state index is 13.8. The van der Waals surface area contributed by atoms with Crippen molar-refractivity contribution in [3.63, 3.8) is 0 Å². The standard InChI is InChI=1S/C35H38F4N4O4/c1-4-25(35(37,38)39)10-11-26(20-36)41-33(44)29-19-27(43-13-15-47-16-14-43)18-28(32(29)34(45)46)23-7-5-22(6-8-23)24-9-12-31-30(17-24)40-21(2)42(31)3/h4-12,17,20,27-29,32H,13-16,18-19H2,1-3H3,(H,41,44)(H,45,46)/b11-10-,25-4+,26-20-/t27-,28-,29-,32?/m0/s1. The molecule has 2 N–H and O–H groups in total. The molecule has 1 amide bonds. The molecule has 0 radical (unpaired) electrons. The Balaban J connectivity index is 1.44. The van der Waals surface area contributed by atoms with E-state index in [2.05, 4.69) is 15.2 Å². The minimum absolute atomic E-state index is 0.00403. The first-order valence-electron chi connectivity index (χ1n) is 15.5. The lowest BCUT2D eigenvalue weighted by molar-refractivity contribution is -0.151. The third kappa shape index (κ3) is 7.49. The number of aromatic nitrogens is 2. The van der Waals surface area contributed by atoms with Crippen molar-refractivity contribution in [2.24, 2.45) is 18.9 Å². The van der Waals surface area contributed by atoms with Crippen LogP contribution < -0.4 is 5.32 Å². The number of carboxylic acids is 1. The number of aryl methyl sites for hydroxylation is 2. The van der Waals surface area contributed by atoms with Gasteiger partial charge in [-0.3, -0.25) is 14.5 Å². The molecule has 1 aliphatic carbocycles. The number of carboxylic acid groups (broad SMARTS) is 1. The number of carbonyl (C=O) groups is 2. The number of rotatable bonds is 8. The van der Waals surface area contributed by atoms with Gasteiger partial charge in [0, 0.05) is 26.2 Å². The highest BCUT2D eigenvalue weighted by atomic mass is 19.4. The number of carbonyl (C=O) groups excluding carboxylic acids is 1. The van der Waals surface area contributed by atoms with Crippen LogP contribution in [0.4, 0.5) is 17.6 Å². The van der Waals surface area contributed by atoms with Crippen LogP contribution in [-0.4, -0.2) is 70.0 Å². The number of benzene rings is 2. The second-order valence-corrected chi connectivity index (χ2v) is 12.0. The Labute approximate surface area is 270 Å². The lowest BCUT2D eigenvalue weighted by atomic mass is 9.66. The zero-order chi connectivity index (χ0) is 33.9. The van der Waals surface area contributed by atoms with E-state index in [-0.39, 0.29) is 18.8 Å². The fraction of sp³-hybridized carbons (Fsp3) is 0.400. The summed E-state index contributed by atoms with van der Waals surface area (Å²) < 4.78 is 60.9. The van der Waals surface area contributed by atoms with E-state index in [1.54, 1.807) is 0 Å². The molecular formula is C35H38F4N4O4. The van der Waals surface area contributed by atoms with Crippen LogP contribution in [0.25, 0.3) is 22.2 Å². The van der Waals surface area contributed by atoms with Gasteiger partial charge in [-0.1, -0.05) is 36.4 Å². The number of ether oxygens (including phenoxy) is 1. The van der Waals surface area contributed by atoms with Crippen molar-refractivity contribution in [1.82, 2.24) is 19.8 Å². The van der Waals surface area contributed by atoms with Crippen molar-refractivity contribution in [2.75, 3.05) is 26.3 Å². The maximum absolute atomic E-state index is 13.8. The molecule has 2 heterocycles. The van der Waals surface area contributed by atoms with E-state index in [9.17, 15) is 32.3 Å². The van der Waals surface area contributed by atoms with Crippen LogP contribution in [-0.2, 0) is 21.4 Å². The summed E-state index contributed by atoms with van der Waals surface area (Å²) in [6.45, 7) is 5.36. The summed E-state index contributed by atoms with van der Waals surface area (Å²) in [7, 11) is 1.96. The first-order chi connectivity index (χ1) is 22.4. The van der Waals surface area contributed by atoms with Gasteiger partial charge in [-0.2, -0.15) is 13.2 Å². The van der Waals surface area contributed by atoms with E-state index in [1.807, 2.05) is 61.0 Å². The number of imidazole rings is 1. The summed E-state index contributed by atoms with van der Waals surface area (Å²) in [6, 6.07) is 13.5. The lowest BCUT2D eigenvalue weighted by Crippen LogP contribution is -2.52. The molecule has 1 aromatic heterocycles. The maximum Gasteiger partial charge on any atom is 0.416 e. The van der Waals surface area contributed by atoms with Gasteiger partial charge in [0.05, 0.1) is 47.4 Å². The molecular weight excluding hydrogens is 616 g/mol. The van der Waals surface area contributed by atoms with Crippen molar-refractivity contribution < 1.29 is 37.0 Å². The fourth-order valence-electron chi connectivity index (χ4n) is 6.75. The number of amides is 1.